The maximum Gasteiger partial charge on any atom is 0.156 e. The van der Waals surface area contributed by atoms with Gasteiger partial charge in [0.05, 0.1) is 17.7 Å². The first kappa shape index (κ1) is 10.9. The lowest BCUT2D eigenvalue weighted by Gasteiger charge is -2.47. The maximum absolute atomic E-state index is 9.91. The van der Waals surface area contributed by atoms with Gasteiger partial charge in [0, 0.05) is 6.42 Å². The van der Waals surface area contributed by atoms with Gasteiger partial charge in [0.2, 0.25) is 0 Å². The van der Waals surface area contributed by atoms with Crippen molar-refractivity contribution >= 4 is 0 Å². The first-order valence-corrected chi connectivity index (χ1v) is 4.57. The molecule has 0 bridgehead atoms. The lowest BCUT2D eigenvalue weighted by atomic mass is 9.84. The quantitative estimate of drug-likeness (QED) is 0.599. The first-order chi connectivity index (χ1) is 5.88. The summed E-state index contributed by atoms with van der Waals surface area (Å²) in [5.41, 5.74) is -0.406. The van der Waals surface area contributed by atoms with Gasteiger partial charge in [-0.05, 0) is 27.9 Å². The Morgan fingerprint density at radius 1 is 1.38 bits per heavy atom. The number of aliphatic hydroxyl groups is 2. The van der Waals surface area contributed by atoms with Crippen molar-refractivity contribution in [2.75, 3.05) is 14.1 Å². The van der Waals surface area contributed by atoms with Gasteiger partial charge in [-0.1, -0.05) is 0 Å². The number of likely N-dealkylation sites (N-methyl/N-ethyl adjacent to an activating group) is 1. The topological polar surface area (TPSA) is 52.9 Å². The van der Waals surface area contributed by atoms with Crippen LogP contribution in [0.4, 0.5) is 0 Å². The molecule has 0 aliphatic carbocycles. The molecule has 1 fully saturated rings. The second-order valence-corrected chi connectivity index (χ2v) is 4.20. The molecule has 0 aromatic heterocycles. The summed E-state index contributed by atoms with van der Waals surface area (Å²) in [4.78, 5) is 1.93. The summed E-state index contributed by atoms with van der Waals surface area (Å²) >= 11 is 0. The van der Waals surface area contributed by atoms with Gasteiger partial charge < -0.3 is 19.8 Å². The molecule has 4 heteroatoms. The molecule has 4 nitrogen and oxygen atoms in total. The normalized spacial score (nSPS) is 46.8. The zero-order valence-corrected chi connectivity index (χ0v) is 8.69. The van der Waals surface area contributed by atoms with Crippen molar-refractivity contribution in [2.24, 2.45) is 0 Å². The van der Waals surface area contributed by atoms with Crippen LogP contribution in [0.1, 0.15) is 20.3 Å². The van der Waals surface area contributed by atoms with Gasteiger partial charge in [0.15, 0.2) is 6.29 Å². The van der Waals surface area contributed by atoms with E-state index in [2.05, 4.69) is 0 Å². The van der Waals surface area contributed by atoms with Crippen molar-refractivity contribution in [1.82, 2.24) is 4.90 Å². The van der Waals surface area contributed by atoms with Crippen LogP contribution in [0.5, 0.6) is 0 Å². The number of aliphatic hydroxyl groups excluding tert-OH is 2. The zero-order chi connectivity index (χ0) is 10.2. The van der Waals surface area contributed by atoms with Crippen molar-refractivity contribution in [3.63, 3.8) is 0 Å². The number of ether oxygens (including phenoxy) is 1. The molecule has 0 spiro atoms. The van der Waals surface area contributed by atoms with Crippen LogP contribution in [-0.4, -0.2) is 53.2 Å². The molecule has 4 atom stereocenters. The van der Waals surface area contributed by atoms with E-state index in [4.69, 9.17) is 4.74 Å². The molecule has 1 aliphatic heterocycles. The first-order valence-electron chi connectivity index (χ1n) is 4.57. The van der Waals surface area contributed by atoms with Crippen LogP contribution in [0.2, 0.25) is 0 Å². The Morgan fingerprint density at radius 3 is 2.38 bits per heavy atom. The molecule has 1 rings (SSSR count). The molecule has 78 valence electrons. The third-order valence-corrected chi connectivity index (χ3v) is 3.06. The van der Waals surface area contributed by atoms with E-state index in [9.17, 15) is 10.2 Å². The summed E-state index contributed by atoms with van der Waals surface area (Å²) in [5, 5.41) is 19.3. The summed E-state index contributed by atoms with van der Waals surface area (Å²) in [5.74, 6) is 0. The highest BCUT2D eigenvalue weighted by Crippen LogP contribution is 2.31. The summed E-state index contributed by atoms with van der Waals surface area (Å²) < 4.78 is 5.12. The van der Waals surface area contributed by atoms with E-state index in [0.29, 0.717) is 6.42 Å². The largest absolute Gasteiger partial charge is 0.388 e. The van der Waals surface area contributed by atoms with Crippen LogP contribution in [0.15, 0.2) is 0 Å². The molecule has 0 radical (unpaired) electrons. The standard InChI is InChI=1S/C9H19NO3/c1-6-8(12)9(2,10(3)4)5-7(11)13-6/h6-8,11-12H,5H2,1-4H3/t6?,7-,8-,9-/m1/s1. The van der Waals surface area contributed by atoms with Crippen LogP contribution in [0, 0.1) is 0 Å². The van der Waals surface area contributed by atoms with Gasteiger partial charge in [0.25, 0.3) is 0 Å². The Hall–Kier alpha value is -0.160. The second-order valence-electron chi connectivity index (χ2n) is 4.20. The zero-order valence-electron chi connectivity index (χ0n) is 8.69. The molecule has 0 saturated carbocycles. The van der Waals surface area contributed by atoms with Gasteiger partial charge in [-0.25, -0.2) is 0 Å². The minimum Gasteiger partial charge on any atom is -0.388 e. The highest BCUT2D eigenvalue weighted by Gasteiger charge is 2.45. The summed E-state index contributed by atoms with van der Waals surface area (Å²) in [7, 11) is 3.79. The Kier molecular flexibility index (Phi) is 2.97. The Labute approximate surface area is 79.1 Å². The van der Waals surface area contributed by atoms with Crippen LogP contribution in [0.3, 0.4) is 0 Å². The van der Waals surface area contributed by atoms with E-state index in [1.165, 1.54) is 0 Å². The third kappa shape index (κ3) is 1.86. The molecule has 1 unspecified atom stereocenters. The Bertz CT molecular complexity index is 186. The van der Waals surface area contributed by atoms with E-state index in [1.807, 2.05) is 25.9 Å². The molecular weight excluding hydrogens is 170 g/mol. The minimum absolute atomic E-state index is 0.323. The van der Waals surface area contributed by atoms with E-state index in [-0.39, 0.29) is 6.10 Å². The summed E-state index contributed by atoms with van der Waals surface area (Å²) in [6.45, 7) is 3.70. The number of hydrogen-bond acceptors (Lipinski definition) is 4. The van der Waals surface area contributed by atoms with E-state index >= 15 is 0 Å². The maximum atomic E-state index is 9.91. The molecule has 0 aromatic rings. The molecule has 2 N–H and O–H groups in total. The second kappa shape index (κ2) is 3.53. The van der Waals surface area contributed by atoms with Crippen molar-refractivity contribution in [3.05, 3.63) is 0 Å². The third-order valence-electron chi connectivity index (χ3n) is 3.06. The van der Waals surface area contributed by atoms with Gasteiger partial charge in [-0.3, -0.25) is 0 Å². The molecule has 0 amide bonds. The fraction of sp³-hybridized carbons (Fsp3) is 1.00. The molecular formula is C9H19NO3. The Balaban J connectivity index is 2.82. The number of nitrogens with zero attached hydrogens (tertiary/aromatic N) is 1. The number of hydrogen-bond donors (Lipinski definition) is 2. The molecule has 1 aliphatic rings. The SMILES string of the molecule is CC1O[C@@H](O)C[C@@](C)(N(C)C)[C@@H]1O. The van der Waals surface area contributed by atoms with Gasteiger partial charge in [-0.2, -0.15) is 0 Å². The highest BCUT2D eigenvalue weighted by molar-refractivity contribution is 4.97. The average molecular weight is 189 g/mol. The van der Waals surface area contributed by atoms with Crippen LogP contribution >= 0.6 is 0 Å². The predicted molar refractivity (Wildman–Crippen MR) is 49.3 cm³/mol. The smallest absolute Gasteiger partial charge is 0.156 e. The number of rotatable bonds is 1. The summed E-state index contributed by atoms with van der Waals surface area (Å²) in [6, 6.07) is 0. The van der Waals surface area contributed by atoms with E-state index in [1.54, 1.807) is 6.92 Å². The minimum atomic E-state index is -0.772. The van der Waals surface area contributed by atoms with Crippen molar-refractivity contribution in [1.29, 1.82) is 0 Å². The van der Waals surface area contributed by atoms with Crippen LogP contribution in [0.25, 0.3) is 0 Å². The average Bonchev–Trinajstić information content (AvgIpc) is 1.99. The monoisotopic (exact) mass is 189 g/mol. The molecule has 1 saturated heterocycles. The highest BCUT2D eigenvalue weighted by atomic mass is 16.6. The fourth-order valence-electron chi connectivity index (χ4n) is 1.80. The Morgan fingerprint density at radius 2 is 1.92 bits per heavy atom. The van der Waals surface area contributed by atoms with E-state index in [0.717, 1.165) is 0 Å². The van der Waals surface area contributed by atoms with Crippen molar-refractivity contribution in [2.45, 2.75) is 44.3 Å². The van der Waals surface area contributed by atoms with Gasteiger partial charge in [0.1, 0.15) is 0 Å². The lowest BCUT2D eigenvalue weighted by molar-refractivity contribution is -0.236. The van der Waals surface area contributed by atoms with Gasteiger partial charge >= 0.3 is 0 Å². The van der Waals surface area contributed by atoms with Crippen molar-refractivity contribution in [3.8, 4) is 0 Å². The van der Waals surface area contributed by atoms with Gasteiger partial charge in [-0.15, -0.1) is 0 Å². The lowest BCUT2D eigenvalue weighted by Crippen LogP contribution is -2.61. The molecule has 1 heterocycles. The summed E-state index contributed by atoms with van der Waals surface area (Å²) in [6.07, 6.45) is -1.22. The van der Waals surface area contributed by atoms with Crippen LogP contribution in [-0.2, 0) is 4.74 Å². The van der Waals surface area contributed by atoms with Crippen molar-refractivity contribution < 1.29 is 14.9 Å². The van der Waals surface area contributed by atoms with Crippen LogP contribution < -0.4 is 0 Å². The van der Waals surface area contributed by atoms with E-state index < -0.39 is 17.9 Å². The molecule has 0 aromatic carbocycles. The predicted octanol–water partition coefficient (Wildman–Crippen LogP) is -0.205. The molecule has 13 heavy (non-hydrogen) atoms. The fourth-order valence-corrected chi connectivity index (χ4v) is 1.80.